The van der Waals surface area contributed by atoms with E-state index in [1.54, 1.807) is 33.7 Å². The van der Waals surface area contributed by atoms with E-state index in [1.165, 1.54) is 27.4 Å². The van der Waals surface area contributed by atoms with Gasteiger partial charge in [-0.15, -0.1) is 22.7 Å². The Balaban J connectivity index is 1.36. The number of aryl methyl sites for hydroxylation is 2. The third-order valence-corrected chi connectivity index (χ3v) is 10.2. The number of rotatable bonds is 5. The fraction of sp³-hybridized carbons (Fsp3) is 0.389. The molecule has 0 aromatic carbocycles. The number of amides is 1. The topological polar surface area (TPSA) is 109 Å². The average molecular weight is 484 g/mol. The van der Waals surface area contributed by atoms with Crippen molar-refractivity contribution >= 4 is 66.4 Å². The van der Waals surface area contributed by atoms with E-state index in [-0.39, 0.29) is 11.7 Å². The highest BCUT2D eigenvalue weighted by Crippen LogP contribution is 2.33. The van der Waals surface area contributed by atoms with E-state index in [2.05, 4.69) is 9.97 Å². The Hall–Kier alpha value is -1.73. The summed E-state index contributed by atoms with van der Waals surface area (Å²) < 4.78 is 27.0. The number of hydrogen-bond donors (Lipinski definition) is 1. The van der Waals surface area contributed by atoms with Crippen molar-refractivity contribution in [3.63, 3.8) is 0 Å². The second-order valence-electron chi connectivity index (χ2n) is 6.86. The summed E-state index contributed by atoms with van der Waals surface area (Å²) in [6.45, 7) is 5.35. The molecule has 0 bridgehead atoms. The number of carbonyl (C=O) groups is 1. The van der Waals surface area contributed by atoms with Gasteiger partial charge in [0.05, 0.1) is 11.1 Å². The second-order valence-corrected chi connectivity index (χ2v) is 12.1. The quantitative estimate of drug-likeness (QED) is 0.439. The molecule has 0 saturated carbocycles. The lowest BCUT2D eigenvalue weighted by molar-refractivity contribution is -0.129. The molecule has 2 N–H and O–H groups in total. The molecule has 1 amide bonds. The summed E-state index contributed by atoms with van der Waals surface area (Å²) in [7, 11) is -3.47. The number of anilines is 1. The Bertz CT molecular complexity index is 1180. The van der Waals surface area contributed by atoms with Crippen LogP contribution in [-0.2, 0) is 14.8 Å². The van der Waals surface area contributed by atoms with E-state index >= 15 is 0 Å². The minimum absolute atomic E-state index is 0.0611. The van der Waals surface area contributed by atoms with E-state index in [0.717, 1.165) is 20.7 Å². The van der Waals surface area contributed by atoms with Crippen LogP contribution in [0.4, 0.5) is 5.82 Å². The molecule has 1 aliphatic heterocycles. The molecular formula is C18H21N5O3S4. The Morgan fingerprint density at radius 1 is 1.23 bits per heavy atom. The lowest BCUT2D eigenvalue weighted by Gasteiger charge is -2.33. The summed E-state index contributed by atoms with van der Waals surface area (Å²) >= 11 is 4.03. The summed E-state index contributed by atoms with van der Waals surface area (Å²) in [4.78, 5) is 25.2. The third-order valence-electron chi connectivity index (χ3n) is 5.04. The molecular weight excluding hydrogens is 462 g/mol. The van der Waals surface area contributed by atoms with Crippen LogP contribution in [0, 0.1) is 13.8 Å². The first-order chi connectivity index (χ1) is 14.3. The molecule has 30 heavy (non-hydrogen) atoms. The van der Waals surface area contributed by atoms with Gasteiger partial charge in [0.25, 0.3) is 10.0 Å². The van der Waals surface area contributed by atoms with E-state index in [4.69, 9.17) is 5.73 Å². The first-order valence-electron chi connectivity index (χ1n) is 9.25. The number of thioether (sulfide) groups is 1. The van der Waals surface area contributed by atoms with Gasteiger partial charge in [0, 0.05) is 31.1 Å². The van der Waals surface area contributed by atoms with Crippen molar-refractivity contribution in [2.75, 3.05) is 37.7 Å². The predicted octanol–water partition coefficient (Wildman–Crippen LogP) is 2.58. The molecule has 0 radical (unpaired) electrons. The van der Waals surface area contributed by atoms with Crippen LogP contribution < -0.4 is 5.73 Å². The summed E-state index contributed by atoms with van der Waals surface area (Å²) in [5.41, 5.74) is 7.19. The van der Waals surface area contributed by atoms with Crippen LogP contribution in [0.2, 0.25) is 0 Å². The lowest BCUT2D eigenvalue weighted by Crippen LogP contribution is -2.50. The molecule has 0 atom stereocenters. The van der Waals surface area contributed by atoms with Crippen LogP contribution in [-0.4, -0.2) is 65.4 Å². The van der Waals surface area contributed by atoms with Gasteiger partial charge in [0.15, 0.2) is 5.16 Å². The zero-order valence-corrected chi connectivity index (χ0v) is 19.8. The molecule has 0 spiro atoms. The molecule has 8 nitrogen and oxygen atoms in total. The van der Waals surface area contributed by atoms with Crippen LogP contribution in [0.15, 0.2) is 26.9 Å². The van der Waals surface area contributed by atoms with Gasteiger partial charge in [-0.05, 0) is 30.9 Å². The minimum Gasteiger partial charge on any atom is -0.383 e. The van der Waals surface area contributed by atoms with Crippen molar-refractivity contribution in [2.24, 2.45) is 0 Å². The molecule has 0 unspecified atom stereocenters. The number of hydrogen-bond acceptors (Lipinski definition) is 9. The number of nitrogens with two attached hydrogens (primary N) is 1. The molecule has 1 saturated heterocycles. The van der Waals surface area contributed by atoms with Crippen molar-refractivity contribution in [1.29, 1.82) is 0 Å². The van der Waals surface area contributed by atoms with E-state index in [0.29, 0.717) is 41.4 Å². The first kappa shape index (κ1) is 21.5. The van der Waals surface area contributed by atoms with Gasteiger partial charge < -0.3 is 10.6 Å². The van der Waals surface area contributed by atoms with E-state index in [1.807, 2.05) is 13.8 Å². The van der Waals surface area contributed by atoms with Crippen LogP contribution in [0.3, 0.4) is 0 Å². The molecule has 3 aromatic heterocycles. The SMILES string of the molecule is Cc1sc2nc(SCC(=O)N3CCN(S(=O)(=O)c4cccs4)CC3)nc(N)c2c1C. The van der Waals surface area contributed by atoms with Gasteiger partial charge in [-0.3, -0.25) is 4.79 Å². The molecule has 3 aromatic rings. The molecule has 1 fully saturated rings. The number of aromatic nitrogens is 2. The Kier molecular flexibility index (Phi) is 6.04. The van der Waals surface area contributed by atoms with E-state index in [9.17, 15) is 13.2 Å². The maximum Gasteiger partial charge on any atom is 0.252 e. The fourth-order valence-corrected chi connectivity index (χ4v) is 7.67. The summed E-state index contributed by atoms with van der Waals surface area (Å²) in [5, 5.41) is 3.11. The lowest BCUT2D eigenvalue weighted by atomic mass is 10.2. The first-order valence-corrected chi connectivity index (χ1v) is 13.4. The minimum atomic E-state index is -3.47. The van der Waals surface area contributed by atoms with Crippen molar-refractivity contribution in [3.8, 4) is 0 Å². The number of piperazine rings is 1. The van der Waals surface area contributed by atoms with E-state index < -0.39 is 10.0 Å². The van der Waals surface area contributed by atoms with Crippen LogP contribution in [0.5, 0.6) is 0 Å². The van der Waals surface area contributed by atoms with Crippen LogP contribution in [0.1, 0.15) is 10.4 Å². The Morgan fingerprint density at radius 2 is 1.97 bits per heavy atom. The normalized spacial score (nSPS) is 15.7. The molecule has 160 valence electrons. The fourth-order valence-electron chi connectivity index (χ4n) is 3.26. The smallest absolute Gasteiger partial charge is 0.252 e. The molecule has 1 aliphatic rings. The molecule has 12 heteroatoms. The zero-order valence-electron chi connectivity index (χ0n) is 16.5. The van der Waals surface area contributed by atoms with Gasteiger partial charge in [-0.1, -0.05) is 17.8 Å². The zero-order chi connectivity index (χ0) is 21.5. The Labute approximate surface area is 187 Å². The second kappa shape index (κ2) is 8.42. The average Bonchev–Trinajstić information content (AvgIpc) is 3.36. The largest absolute Gasteiger partial charge is 0.383 e. The number of carbonyl (C=O) groups excluding carboxylic acids is 1. The van der Waals surface area contributed by atoms with Gasteiger partial charge in [0.2, 0.25) is 5.91 Å². The monoisotopic (exact) mass is 483 g/mol. The third kappa shape index (κ3) is 4.06. The van der Waals surface area contributed by atoms with Crippen molar-refractivity contribution in [2.45, 2.75) is 23.2 Å². The molecule has 4 heterocycles. The predicted molar refractivity (Wildman–Crippen MR) is 122 cm³/mol. The summed E-state index contributed by atoms with van der Waals surface area (Å²) in [6.07, 6.45) is 0. The van der Waals surface area contributed by atoms with Gasteiger partial charge >= 0.3 is 0 Å². The van der Waals surface area contributed by atoms with Crippen LogP contribution >= 0.6 is 34.4 Å². The molecule has 4 rings (SSSR count). The maximum atomic E-state index is 12.6. The van der Waals surface area contributed by atoms with Gasteiger partial charge in [-0.25, -0.2) is 18.4 Å². The highest BCUT2D eigenvalue weighted by atomic mass is 32.2. The van der Waals surface area contributed by atoms with Crippen molar-refractivity contribution < 1.29 is 13.2 Å². The van der Waals surface area contributed by atoms with Gasteiger partial charge in [-0.2, -0.15) is 4.31 Å². The highest BCUT2D eigenvalue weighted by molar-refractivity contribution is 7.99. The molecule has 0 aliphatic carbocycles. The van der Waals surface area contributed by atoms with Crippen molar-refractivity contribution in [1.82, 2.24) is 19.2 Å². The number of nitrogens with zero attached hydrogens (tertiary/aromatic N) is 4. The Morgan fingerprint density at radius 3 is 2.63 bits per heavy atom. The number of fused-ring (bicyclic) bond motifs is 1. The summed E-state index contributed by atoms with van der Waals surface area (Å²) in [5.74, 6) is 0.560. The van der Waals surface area contributed by atoms with Crippen molar-refractivity contribution in [3.05, 3.63) is 28.0 Å². The number of sulfonamides is 1. The van der Waals surface area contributed by atoms with Gasteiger partial charge in [0.1, 0.15) is 14.9 Å². The van der Waals surface area contributed by atoms with Crippen LogP contribution in [0.25, 0.3) is 10.2 Å². The maximum absolute atomic E-state index is 12.6. The number of thiophene rings is 2. The highest BCUT2D eigenvalue weighted by Gasteiger charge is 2.30. The summed E-state index contributed by atoms with van der Waals surface area (Å²) in [6, 6.07) is 3.33. The standard InChI is InChI=1S/C18H21N5O3S4/c1-11-12(2)29-17-15(11)16(19)20-18(21-17)28-10-13(24)22-5-7-23(8-6-22)30(25,26)14-4-3-9-27-14/h3-4,9H,5-8,10H2,1-2H3,(H2,19,20,21). The number of nitrogen functional groups attached to an aromatic ring is 1.